The van der Waals surface area contributed by atoms with Crippen molar-refractivity contribution in [3.8, 4) is 0 Å². The van der Waals surface area contributed by atoms with E-state index in [-0.39, 0.29) is 11.4 Å². The maximum atomic E-state index is 13.4. The van der Waals surface area contributed by atoms with Crippen LogP contribution in [0.25, 0.3) is 0 Å². The SMILES string of the molecule is Cc1ccc(S(=O)(=O)N(CC(=O)NCCc2ccco2)c2cccc(Cl)c2C)cc1. The molecule has 0 unspecified atom stereocenters. The molecule has 1 heterocycles. The number of hydrogen-bond donors (Lipinski definition) is 1. The molecule has 1 aromatic heterocycles. The Balaban J connectivity index is 1.86. The van der Waals surface area contributed by atoms with Crippen molar-refractivity contribution in [3.05, 3.63) is 82.8 Å². The van der Waals surface area contributed by atoms with E-state index in [4.69, 9.17) is 16.0 Å². The van der Waals surface area contributed by atoms with Crippen LogP contribution in [-0.4, -0.2) is 27.4 Å². The first-order chi connectivity index (χ1) is 14.3. The van der Waals surface area contributed by atoms with Gasteiger partial charge in [0.2, 0.25) is 5.91 Å². The third kappa shape index (κ3) is 5.04. The number of nitrogens with one attached hydrogen (secondary N) is 1. The van der Waals surface area contributed by atoms with Gasteiger partial charge in [0.05, 0.1) is 16.8 Å². The van der Waals surface area contributed by atoms with E-state index in [2.05, 4.69) is 5.32 Å². The first-order valence-corrected chi connectivity index (χ1v) is 11.2. The number of hydrogen-bond acceptors (Lipinski definition) is 4. The summed E-state index contributed by atoms with van der Waals surface area (Å²) in [4.78, 5) is 12.7. The van der Waals surface area contributed by atoms with Crippen LogP contribution >= 0.6 is 11.6 Å². The van der Waals surface area contributed by atoms with Gasteiger partial charge in [-0.3, -0.25) is 9.10 Å². The van der Waals surface area contributed by atoms with Crippen LogP contribution in [-0.2, 0) is 21.2 Å². The molecule has 0 aliphatic heterocycles. The Kier molecular flexibility index (Phi) is 6.84. The van der Waals surface area contributed by atoms with Crippen LogP contribution in [0.3, 0.4) is 0 Å². The van der Waals surface area contributed by atoms with E-state index in [1.807, 2.05) is 13.0 Å². The fourth-order valence-electron chi connectivity index (χ4n) is 2.97. The molecule has 0 fully saturated rings. The number of carbonyl (C=O) groups excluding carboxylic acids is 1. The summed E-state index contributed by atoms with van der Waals surface area (Å²) < 4.78 is 33.1. The average molecular weight is 447 g/mol. The normalized spacial score (nSPS) is 11.3. The maximum Gasteiger partial charge on any atom is 0.264 e. The van der Waals surface area contributed by atoms with Gasteiger partial charge in [0.1, 0.15) is 12.3 Å². The highest BCUT2D eigenvalue weighted by molar-refractivity contribution is 7.92. The van der Waals surface area contributed by atoms with Crippen LogP contribution in [0.2, 0.25) is 5.02 Å². The van der Waals surface area contributed by atoms with Gasteiger partial charge in [0.25, 0.3) is 10.0 Å². The molecule has 30 heavy (non-hydrogen) atoms. The van der Waals surface area contributed by atoms with Crippen molar-refractivity contribution < 1.29 is 17.6 Å². The van der Waals surface area contributed by atoms with Crippen LogP contribution in [0.4, 0.5) is 5.69 Å². The highest BCUT2D eigenvalue weighted by atomic mass is 35.5. The summed E-state index contributed by atoms with van der Waals surface area (Å²) in [5.41, 5.74) is 1.89. The van der Waals surface area contributed by atoms with E-state index < -0.39 is 15.9 Å². The van der Waals surface area contributed by atoms with Gasteiger partial charge in [-0.25, -0.2) is 8.42 Å². The second-order valence-corrected chi connectivity index (χ2v) is 9.16. The fraction of sp³-hybridized carbons (Fsp3) is 0.227. The minimum Gasteiger partial charge on any atom is -0.469 e. The van der Waals surface area contributed by atoms with E-state index in [1.165, 1.54) is 12.1 Å². The zero-order valence-corrected chi connectivity index (χ0v) is 18.3. The summed E-state index contributed by atoms with van der Waals surface area (Å²) in [5.74, 6) is 0.321. The van der Waals surface area contributed by atoms with Crippen molar-refractivity contribution >= 4 is 33.2 Å². The Bertz CT molecular complexity index is 1110. The first-order valence-electron chi connectivity index (χ1n) is 9.42. The molecule has 0 bridgehead atoms. The maximum absolute atomic E-state index is 13.4. The van der Waals surface area contributed by atoms with Gasteiger partial charge in [0.15, 0.2) is 0 Å². The predicted octanol–water partition coefficient (Wildman–Crippen LogP) is 4.10. The summed E-state index contributed by atoms with van der Waals surface area (Å²) >= 11 is 6.22. The number of rotatable bonds is 8. The Morgan fingerprint density at radius 1 is 1.07 bits per heavy atom. The molecule has 0 radical (unpaired) electrons. The standard InChI is InChI=1S/C22H23ClN2O4S/c1-16-8-10-19(11-9-16)30(27,28)25(21-7-3-6-20(23)17(21)2)15-22(26)24-13-12-18-5-4-14-29-18/h3-11,14H,12-13,15H2,1-2H3,(H,24,26). The van der Waals surface area contributed by atoms with Crippen molar-refractivity contribution in [2.75, 3.05) is 17.4 Å². The molecular formula is C22H23ClN2O4S. The molecular weight excluding hydrogens is 424 g/mol. The van der Waals surface area contributed by atoms with Crippen molar-refractivity contribution in [3.63, 3.8) is 0 Å². The summed E-state index contributed by atoms with van der Waals surface area (Å²) in [6.07, 6.45) is 2.08. The minimum atomic E-state index is -3.98. The zero-order valence-electron chi connectivity index (χ0n) is 16.8. The van der Waals surface area contributed by atoms with Gasteiger partial charge in [0, 0.05) is 18.0 Å². The highest BCUT2D eigenvalue weighted by Gasteiger charge is 2.28. The van der Waals surface area contributed by atoms with Crippen molar-refractivity contribution in [1.29, 1.82) is 0 Å². The summed E-state index contributed by atoms with van der Waals surface area (Å²) in [5, 5.41) is 3.18. The van der Waals surface area contributed by atoms with Crippen molar-refractivity contribution in [1.82, 2.24) is 5.32 Å². The lowest BCUT2D eigenvalue weighted by Gasteiger charge is -2.26. The smallest absolute Gasteiger partial charge is 0.264 e. The molecule has 1 amide bonds. The number of aryl methyl sites for hydroxylation is 1. The van der Waals surface area contributed by atoms with Gasteiger partial charge in [-0.05, 0) is 55.8 Å². The molecule has 0 aliphatic carbocycles. The Labute approximate surface area is 181 Å². The second kappa shape index (κ2) is 9.36. The largest absolute Gasteiger partial charge is 0.469 e. The quantitative estimate of drug-likeness (QED) is 0.564. The number of sulfonamides is 1. The molecule has 3 aromatic rings. The molecule has 158 valence electrons. The molecule has 2 aromatic carbocycles. The Hall–Kier alpha value is -2.77. The highest BCUT2D eigenvalue weighted by Crippen LogP contribution is 2.30. The molecule has 0 aliphatic rings. The molecule has 0 saturated carbocycles. The summed E-state index contributed by atoms with van der Waals surface area (Å²) in [6.45, 7) is 3.57. The lowest BCUT2D eigenvalue weighted by molar-refractivity contribution is -0.119. The average Bonchev–Trinajstić information content (AvgIpc) is 3.22. The van der Waals surface area contributed by atoms with Gasteiger partial charge in [-0.2, -0.15) is 0 Å². The van der Waals surface area contributed by atoms with Crippen LogP contribution < -0.4 is 9.62 Å². The van der Waals surface area contributed by atoms with Gasteiger partial charge in [-0.1, -0.05) is 35.4 Å². The van der Waals surface area contributed by atoms with E-state index in [0.29, 0.717) is 29.2 Å². The first kappa shape index (κ1) is 21.9. The molecule has 1 N–H and O–H groups in total. The molecule has 6 nitrogen and oxygen atoms in total. The molecule has 0 saturated heterocycles. The van der Waals surface area contributed by atoms with Crippen LogP contribution in [0.5, 0.6) is 0 Å². The van der Waals surface area contributed by atoms with Gasteiger partial charge >= 0.3 is 0 Å². The van der Waals surface area contributed by atoms with E-state index >= 15 is 0 Å². The van der Waals surface area contributed by atoms with E-state index in [9.17, 15) is 13.2 Å². The monoisotopic (exact) mass is 446 g/mol. The van der Waals surface area contributed by atoms with Crippen LogP contribution in [0.1, 0.15) is 16.9 Å². The molecule has 3 rings (SSSR count). The van der Waals surface area contributed by atoms with Gasteiger partial charge < -0.3 is 9.73 Å². The summed E-state index contributed by atoms with van der Waals surface area (Å²) in [7, 11) is -3.98. The third-order valence-corrected chi connectivity index (χ3v) is 6.86. The number of halogens is 1. The van der Waals surface area contributed by atoms with Crippen LogP contribution in [0, 0.1) is 13.8 Å². The molecule has 0 atom stereocenters. The summed E-state index contributed by atoms with van der Waals surface area (Å²) in [6, 6.07) is 15.1. The number of benzene rings is 2. The molecule has 0 spiro atoms. The van der Waals surface area contributed by atoms with Crippen molar-refractivity contribution in [2.45, 2.75) is 25.2 Å². The Morgan fingerprint density at radius 3 is 2.47 bits per heavy atom. The van der Waals surface area contributed by atoms with Crippen LogP contribution in [0.15, 0.2) is 70.2 Å². The lowest BCUT2D eigenvalue weighted by Crippen LogP contribution is -2.41. The van der Waals surface area contributed by atoms with E-state index in [0.717, 1.165) is 15.6 Å². The second-order valence-electron chi connectivity index (χ2n) is 6.89. The third-order valence-electron chi connectivity index (χ3n) is 4.68. The lowest BCUT2D eigenvalue weighted by atomic mass is 10.2. The number of furan rings is 1. The number of nitrogens with zero attached hydrogens (tertiary/aromatic N) is 1. The topological polar surface area (TPSA) is 79.6 Å². The minimum absolute atomic E-state index is 0.107. The van der Waals surface area contributed by atoms with E-state index in [1.54, 1.807) is 49.6 Å². The fourth-order valence-corrected chi connectivity index (χ4v) is 4.62. The number of anilines is 1. The number of amides is 1. The van der Waals surface area contributed by atoms with Crippen molar-refractivity contribution in [2.24, 2.45) is 0 Å². The molecule has 8 heteroatoms. The number of carbonyl (C=O) groups is 1. The zero-order chi connectivity index (χ0) is 21.7. The predicted molar refractivity (Wildman–Crippen MR) is 117 cm³/mol. The van der Waals surface area contributed by atoms with Gasteiger partial charge in [-0.15, -0.1) is 0 Å². The Morgan fingerprint density at radius 2 is 1.80 bits per heavy atom.